The van der Waals surface area contributed by atoms with Crippen molar-refractivity contribution >= 4 is 18.0 Å². The van der Waals surface area contributed by atoms with Crippen molar-refractivity contribution < 1.29 is 14.3 Å². The fraction of sp³-hybridized carbons (Fsp3) is 0.125. The van der Waals surface area contributed by atoms with E-state index >= 15 is 0 Å². The van der Waals surface area contributed by atoms with Crippen LogP contribution in [-0.4, -0.2) is 24.6 Å². The van der Waals surface area contributed by atoms with Crippen molar-refractivity contribution in [2.75, 3.05) is 6.61 Å². The SMILES string of the molecule is C[C@@H](NC(=O)COc1ccc(/C=N/NC(=O)c2ccccc2)cc1)c1ccccc1. The molecule has 0 aromatic heterocycles. The minimum Gasteiger partial charge on any atom is -0.484 e. The van der Waals surface area contributed by atoms with Gasteiger partial charge in [-0.2, -0.15) is 5.10 Å². The fourth-order valence-corrected chi connectivity index (χ4v) is 2.73. The van der Waals surface area contributed by atoms with Crippen molar-refractivity contribution in [2.24, 2.45) is 5.10 Å². The predicted molar refractivity (Wildman–Crippen MR) is 116 cm³/mol. The Morgan fingerprint density at radius 2 is 1.57 bits per heavy atom. The Balaban J connectivity index is 1.44. The van der Waals surface area contributed by atoms with Gasteiger partial charge in [-0.15, -0.1) is 0 Å². The summed E-state index contributed by atoms with van der Waals surface area (Å²) in [5, 5.41) is 6.86. The molecular formula is C24H23N3O3. The Kier molecular flexibility index (Phi) is 7.33. The molecule has 0 fully saturated rings. The van der Waals surface area contributed by atoms with Gasteiger partial charge in [-0.3, -0.25) is 9.59 Å². The van der Waals surface area contributed by atoms with E-state index in [1.807, 2.05) is 43.3 Å². The second-order valence-corrected chi connectivity index (χ2v) is 6.62. The third-order valence-electron chi connectivity index (χ3n) is 4.34. The van der Waals surface area contributed by atoms with E-state index in [0.29, 0.717) is 11.3 Å². The number of hydrazone groups is 1. The molecule has 6 heteroatoms. The van der Waals surface area contributed by atoms with Gasteiger partial charge in [0.2, 0.25) is 0 Å². The molecule has 0 saturated heterocycles. The lowest BCUT2D eigenvalue weighted by Crippen LogP contribution is -2.31. The second-order valence-electron chi connectivity index (χ2n) is 6.62. The summed E-state index contributed by atoms with van der Waals surface area (Å²) in [6.07, 6.45) is 1.54. The van der Waals surface area contributed by atoms with Crippen LogP contribution < -0.4 is 15.5 Å². The van der Waals surface area contributed by atoms with Gasteiger partial charge in [0.25, 0.3) is 11.8 Å². The summed E-state index contributed by atoms with van der Waals surface area (Å²) in [7, 11) is 0. The molecule has 0 heterocycles. The van der Waals surface area contributed by atoms with E-state index in [2.05, 4.69) is 15.8 Å². The Morgan fingerprint density at radius 3 is 2.23 bits per heavy atom. The van der Waals surface area contributed by atoms with Crippen LogP contribution in [0.4, 0.5) is 0 Å². The molecule has 0 unspecified atom stereocenters. The molecule has 0 bridgehead atoms. The third-order valence-corrected chi connectivity index (χ3v) is 4.34. The van der Waals surface area contributed by atoms with Gasteiger partial charge in [-0.05, 0) is 54.4 Å². The third kappa shape index (κ3) is 6.31. The van der Waals surface area contributed by atoms with Gasteiger partial charge in [0.05, 0.1) is 12.3 Å². The Labute approximate surface area is 175 Å². The largest absolute Gasteiger partial charge is 0.484 e. The number of ether oxygens (including phenoxy) is 1. The molecule has 2 N–H and O–H groups in total. The average Bonchev–Trinajstić information content (AvgIpc) is 2.79. The second kappa shape index (κ2) is 10.6. The maximum Gasteiger partial charge on any atom is 0.271 e. The minimum absolute atomic E-state index is 0.0717. The number of nitrogens with zero attached hydrogens (tertiary/aromatic N) is 1. The molecule has 0 aliphatic heterocycles. The lowest BCUT2D eigenvalue weighted by Gasteiger charge is -2.14. The van der Waals surface area contributed by atoms with Crippen LogP contribution in [0, 0.1) is 0 Å². The van der Waals surface area contributed by atoms with Crippen LogP contribution in [0.2, 0.25) is 0 Å². The zero-order chi connectivity index (χ0) is 21.2. The van der Waals surface area contributed by atoms with Gasteiger partial charge in [-0.1, -0.05) is 48.5 Å². The molecule has 30 heavy (non-hydrogen) atoms. The molecule has 2 amide bonds. The first-order chi connectivity index (χ1) is 14.6. The molecule has 3 rings (SSSR count). The van der Waals surface area contributed by atoms with Crippen molar-refractivity contribution in [2.45, 2.75) is 13.0 Å². The topological polar surface area (TPSA) is 79.8 Å². The van der Waals surface area contributed by atoms with Crippen molar-refractivity contribution in [3.8, 4) is 5.75 Å². The van der Waals surface area contributed by atoms with Gasteiger partial charge in [0, 0.05) is 5.56 Å². The molecule has 6 nitrogen and oxygen atoms in total. The van der Waals surface area contributed by atoms with E-state index in [1.165, 1.54) is 0 Å². The summed E-state index contributed by atoms with van der Waals surface area (Å²) in [6, 6.07) is 25.6. The van der Waals surface area contributed by atoms with E-state index < -0.39 is 0 Å². The predicted octanol–water partition coefficient (Wildman–Crippen LogP) is 3.71. The molecule has 0 spiro atoms. The molecule has 0 radical (unpaired) electrons. The first-order valence-electron chi connectivity index (χ1n) is 9.57. The van der Waals surface area contributed by atoms with Crippen molar-refractivity contribution in [1.29, 1.82) is 0 Å². The smallest absolute Gasteiger partial charge is 0.271 e. The van der Waals surface area contributed by atoms with Gasteiger partial charge in [0.15, 0.2) is 6.61 Å². The maximum atomic E-state index is 12.1. The minimum atomic E-state index is -0.275. The summed E-state index contributed by atoms with van der Waals surface area (Å²) < 4.78 is 5.53. The van der Waals surface area contributed by atoms with Crippen LogP contribution in [0.5, 0.6) is 5.75 Å². The van der Waals surface area contributed by atoms with Crippen LogP contribution in [0.1, 0.15) is 34.5 Å². The van der Waals surface area contributed by atoms with Gasteiger partial charge in [-0.25, -0.2) is 5.43 Å². The van der Waals surface area contributed by atoms with Crippen LogP contribution in [-0.2, 0) is 4.79 Å². The average molecular weight is 401 g/mol. The van der Waals surface area contributed by atoms with Crippen LogP contribution in [0.25, 0.3) is 0 Å². The normalized spacial score (nSPS) is 11.6. The van der Waals surface area contributed by atoms with Gasteiger partial charge >= 0.3 is 0 Å². The summed E-state index contributed by atoms with van der Waals surface area (Å²) >= 11 is 0. The van der Waals surface area contributed by atoms with Crippen molar-refractivity contribution in [3.63, 3.8) is 0 Å². The number of carbonyl (C=O) groups is 2. The highest BCUT2D eigenvalue weighted by Gasteiger charge is 2.09. The Morgan fingerprint density at radius 1 is 0.933 bits per heavy atom. The van der Waals surface area contributed by atoms with E-state index in [9.17, 15) is 9.59 Å². The Bertz CT molecular complexity index is 987. The van der Waals surface area contributed by atoms with Crippen molar-refractivity contribution in [1.82, 2.24) is 10.7 Å². The highest BCUT2D eigenvalue weighted by molar-refractivity contribution is 5.94. The van der Waals surface area contributed by atoms with E-state index in [-0.39, 0.29) is 24.5 Å². The van der Waals surface area contributed by atoms with E-state index in [1.54, 1.807) is 54.7 Å². The zero-order valence-electron chi connectivity index (χ0n) is 16.6. The molecule has 1 atom stereocenters. The number of carbonyl (C=O) groups excluding carboxylic acids is 2. The van der Waals surface area contributed by atoms with Crippen LogP contribution >= 0.6 is 0 Å². The summed E-state index contributed by atoms with van der Waals surface area (Å²) in [5.41, 5.74) is 4.85. The fourth-order valence-electron chi connectivity index (χ4n) is 2.73. The lowest BCUT2D eigenvalue weighted by atomic mass is 10.1. The van der Waals surface area contributed by atoms with E-state index in [0.717, 1.165) is 11.1 Å². The molecule has 152 valence electrons. The first-order valence-corrected chi connectivity index (χ1v) is 9.57. The maximum absolute atomic E-state index is 12.1. The molecule has 0 aliphatic rings. The van der Waals surface area contributed by atoms with Gasteiger partial charge in [0.1, 0.15) is 5.75 Å². The summed E-state index contributed by atoms with van der Waals surface area (Å²) in [4.78, 5) is 24.0. The molecule has 0 aliphatic carbocycles. The monoisotopic (exact) mass is 401 g/mol. The summed E-state index contributed by atoms with van der Waals surface area (Å²) in [5.74, 6) is 0.103. The van der Waals surface area contributed by atoms with E-state index in [4.69, 9.17) is 4.74 Å². The standard InChI is InChI=1S/C24H23N3O3/c1-18(20-8-4-2-5-9-20)26-23(28)17-30-22-14-12-19(13-15-22)16-25-27-24(29)21-10-6-3-7-11-21/h2-16,18H,17H2,1H3,(H,26,28)(H,27,29)/b25-16+/t18-/m1/s1. The molecule has 0 saturated carbocycles. The number of amides is 2. The zero-order valence-corrected chi connectivity index (χ0v) is 16.6. The first kappa shape index (κ1) is 20.8. The molecule has 3 aromatic carbocycles. The van der Waals surface area contributed by atoms with Gasteiger partial charge < -0.3 is 10.1 Å². The lowest BCUT2D eigenvalue weighted by molar-refractivity contribution is -0.123. The highest BCUT2D eigenvalue weighted by atomic mass is 16.5. The molecular weight excluding hydrogens is 378 g/mol. The summed E-state index contributed by atoms with van der Waals surface area (Å²) in [6.45, 7) is 1.86. The number of rotatable bonds is 8. The highest BCUT2D eigenvalue weighted by Crippen LogP contribution is 2.13. The number of benzene rings is 3. The van der Waals surface area contributed by atoms with Crippen LogP contribution in [0.15, 0.2) is 90.0 Å². The Hall–Kier alpha value is -3.93. The van der Waals surface area contributed by atoms with Crippen molar-refractivity contribution in [3.05, 3.63) is 102 Å². The number of hydrogen-bond donors (Lipinski definition) is 2. The number of nitrogens with one attached hydrogen (secondary N) is 2. The quantitative estimate of drug-likeness (QED) is 0.446. The van der Waals surface area contributed by atoms with Crippen LogP contribution in [0.3, 0.4) is 0 Å². The number of hydrogen-bond acceptors (Lipinski definition) is 4. The molecule has 3 aromatic rings.